The summed E-state index contributed by atoms with van der Waals surface area (Å²) in [5.74, 6) is 0. The van der Waals surface area contributed by atoms with Gasteiger partial charge in [-0.25, -0.2) is 4.98 Å². The number of hydrogen-bond acceptors (Lipinski definition) is 3. The van der Waals surface area contributed by atoms with Crippen molar-refractivity contribution in [1.29, 1.82) is 0 Å². The molecule has 0 aliphatic rings. The third-order valence-corrected chi connectivity index (χ3v) is 4.16. The van der Waals surface area contributed by atoms with Crippen molar-refractivity contribution in [2.24, 2.45) is 0 Å². The van der Waals surface area contributed by atoms with Crippen LogP contribution in [0.4, 0.5) is 0 Å². The van der Waals surface area contributed by atoms with Crippen LogP contribution < -0.4 is 0 Å². The minimum atomic E-state index is 0.400. The Bertz CT molecular complexity index is 542. The number of carbonyl (C=O) groups is 1. The van der Waals surface area contributed by atoms with Crippen LogP contribution in [-0.2, 0) is 0 Å². The molecule has 0 radical (unpaired) electrons. The molecule has 3 nitrogen and oxygen atoms in total. The molecular formula is C11H12ClIN2OS. The number of pyridine rings is 1. The number of nitrogens with zero attached hydrogens (tertiary/aromatic N) is 2. The average molecular weight is 383 g/mol. The van der Waals surface area contributed by atoms with Gasteiger partial charge in [0.05, 0.1) is 5.02 Å². The SMILES string of the molecule is CC.Cc1cn(SI)c2ncc(Cl)c(C=O)c12. The molecular weight excluding hydrogens is 371 g/mol. The van der Waals surface area contributed by atoms with E-state index in [1.807, 2.05) is 30.9 Å². The molecule has 92 valence electrons. The molecule has 0 saturated carbocycles. The van der Waals surface area contributed by atoms with E-state index in [0.717, 1.165) is 22.9 Å². The van der Waals surface area contributed by atoms with Gasteiger partial charge in [0.1, 0.15) is 0 Å². The quantitative estimate of drug-likeness (QED) is 0.558. The van der Waals surface area contributed by atoms with Crippen LogP contribution in [0, 0.1) is 6.92 Å². The number of carbonyl (C=O) groups excluding carboxylic acids is 1. The lowest BCUT2D eigenvalue weighted by molar-refractivity contribution is 0.112. The van der Waals surface area contributed by atoms with Crippen LogP contribution in [0.2, 0.25) is 5.02 Å². The molecule has 6 heteroatoms. The zero-order chi connectivity index (χ0) is 13.0. The number of hydrogen-bond donors (Lipinski definition) is 0. The van der Waals surface area contributed by atoms with Crippen molar-refractivity contribution in [2.45, 2.75) is 20.8 Å². The fourth-order valence-electron chi connectivity index (χ4n) is 1.52. The summed E-state index contributed by atoms with van der Waals surface area (Å²) in [4.78, 5) is 15.2. The Morgan fingerprint density at radius 1 is 1.53 bits per heavy atom. The van der Waals surface area contributed by atoms with Crippen molar-refractivity contribution in [3.8, 4) is 0 Å². The predicted molar refractivity (Wildman–Crippen MR) is 83.2 cm³/mol. The molecule has 0 N–H and O–H groups in total. The van der Waals surface area contributed by atoms with E-state index in [2.05, 4.69) is 26.2 Å². The largest absolute Gasteiger partial charge is 0.298 e. The second kappa shape index (κ2) is 6.61. The third kappa shape index (κ3) is 2.77. The van der Waals surface area contributed by atoms with Gasteiger partial charge in [-0.15, -0.1) is 0 Å². The number of fused-ring (bicyclic) bond motifs is 1. The molecule has 2 heterocycles. The molecule has 0 amide bonds. The Morgan fingerprint density at radius 2 is 2.18 bits per heavy atom. The van der Waals surface area contributed by atoms with Crippen LogP contribution in [0.15, 0.2) is 12.4 Å². The van der Waals surface area contributed by atoms with Crippen LogP contribution in [0.5, 0.6) is 0 Å². The Morgan fingerprint density at radius 3 is 2.71 bits per heavy atom. The van der Waals surface area contributed by atoms with Crippen LogP contribution in [0.25, 0.3) is 11.0 Å². The Labute approximate surface area is 122 Å². The number of aromatic nitrogens is 2. The lowest BCUT2D eigenvalue weighted by atomic mass is 10.1. The molecule has 2 aromatic heterocycles. The van der Waals surface area contributed by atoms with Gasteiger partial charge in [0.15, 0.2) is 11.9 Å². The fraction of sp³-hybridized carbons (Fsp3) is 0.273. The highest BCUT2D eigenvalue weighted by Crippen LogP contribution is 2.31. The summed E-state index contributed by atoms with van der Waals surface area (Å²) >= 11 is 8.08. The van der Waals surface area contributed by atoms with Gasteiger partial charge < -0.3 is 0 Å². The number of aryl methyl sites for hydroxylation is 1. The first-order chi connectivity index (χ1) is 8.19. The first kappa shape index (κ1) is 14.8. The molecule has 0 bridgehead atoms. The van der Waals surface area contributed by atoms with E-state index in [9.17, 15) is 4.79 Å². The predicted octanol–water partition coefficient (Wildman–Crippen LogP) is 4.68. The van der Waals surface area contributed by atoms with Crippen LogP contribution >= 0.6 is 41.9 Å². The summed E-state index contributed by atoms with van der Waals surface area (Å²) in [6, 6.07) is 0. The van der Waals surface area contributed by atoms with E-state index in [1.54, 1.807) is 0 Å². The normalized spacial score (nSPS) is 9.94. The highest BCUT2D eigenvalue weighted by Gasteiger charge is 2.13. The second-order valence-electron chi connectivity index (χ2n) is 3.04. The van der Waals surface area contributed by atoms with Gasteiger partial charge in [0.25, 0.3) is 0 Å². The molecule has 0 aromatic carbocycles. The van der Waals surface area contributed by atoms with E-state index < -0.39 is 0 Å². The van der Waals surface area contributed by atoms with Crippen LogP contribution in [-0.4, -0.2) is 15.2 Å². The first-order valence-electron chi connectivity index (χ1n) is 5.09. The summed E-state index contributed by atoms with van der Waals surface area (Å²) in [5, 5.41) is 1.23. The summed E-state index contributed by atoms with van der Waals surface area (Å²) in [6.07, 6.45) is 4.23. The van der Waals surface area contributed by atoms with Crippen molar-refractivity contribution in [3.05, 3.63) is 28.5 Å². The molecule has 0 atom stereocenters. The molecule has 17 heavy (non-hydrogen) atoms. The van der Waals surface area contributed by atoms with E-state index in [4.69, 9.17) is 11.6 Å². The second-order valence-corrected chi connectivity index (χ2v) is 5.16. The lowest BCUT2D eigenvalue weighted by Crippen LogP contribution is -1.89. The van der Waals surface area contributed by atoms with Gasteiger partial charge in [-0.05, 0) is 12.5 Å². The molecule has 2 aromatic rings. The third-order valence-electron chi connectivity index (χ3n) is 2.16. The highest BCUT2D eigenvalue weighted by molar-refractivity contribution is 14.2. The van der Waals surface area contributed by atoms with E-state index >= 15 is 0 Å². The standard InChI is InChI=1S/C9H6ClIN2OS.C2H6/c1-5-3-13(15-11)9-8(5)6(4-14)7(10)2-12-9;1-2/h2-4H,1H3;1-2H3. The summed E-state index contributed by atoms with van der Waals surface area (Å²) in [5.41, 5.74) is 2.30. The Hall–Kier alpha value is -0.270. The van der Waals surface area contributed by atoms with E-state index in [0.29, 0.717) is 10.6 Å². The zero-order valence-electron chi connectivity index (χ0n) is 9.70. The summed E-state index contributed by atoms with van der Waals surface area (Å²) in [6.45, 7) is 5.94. The monoisotopic (exact) mass is 382 g/mol. The molecule has 2 rings (SSSR count). The van der Waals surface area contributed by atoms with E-state index in [-0.39, 0.29) is 0 Å². The lowest BCUT2D eigenvalue weighted by Gasteiger charge is -2.00. The maximum atomic E-state index is 11.0. The molecule has 0 aliphatic carbocycles. The number of rotatable bonds is 2. The first-order valence-corrected chi connectivity index (χ1v) is 8.79. The molecule has 0 aliphatic heterocycles. The Balaban J connectivity index is 0.000000686. The van der Waals surface area contributed by atoms with Crippen LogP contribution in [0.3, 0.4) is 0 Å². The van der Waals surface area contributed by atoms with Gasteiger partial charge in [-0.3, -0.25) is 8.77 Å². The van der Waals surface area contributed by atoms with Gasteiger partial charge in [0, 0.05) is 53.7 Å². The zero-order valence-corrected chi connectivity index (χ0v) is 13.4. The van der Waals surface area contributed by atoms with Crippen molar-refractivity contribution >= 4 is 59.2 Å². The van der Waals surface area contributed by atoms with Crippen molar-refractivity contribution < 1.29 is 4.79 Å². The summed E-state index contributed by atoms with van der Waals surface area (Å²) in [7, 11) is 1.51. The summed E-state index contributed by atoms with van der Waals surface area (Å²) < 4.78 is 1.91. The van der Waals surface area contributed by atoms with E-state index in [1.165, 1.54) is 15.3 Å². The van der Waals surface area contributed by atoms with Gasteiger partial charge >= 0.3 is 0 Å². The average Bonchev–Trinajstić information content (AvgIpc) is 2.69. The molecule has 0 saturated heterocycles. The van der Waals surface area contributed by atoms with Gasteiger partial charge in [0.2, 0.25) is 0 Å². The van der Waals surface area contributed by atoms with Gasteiger partial charge in [-0.2, -0.15) is 0 Å². The topological polar surface area (TPSA) is 34.9 Å². The minimum Gasteiger partial charge on any atom is -0.298 e. The molecule has 0 fully saturated rings. The number of halogens is 2. The minimum absolute atomic E-state index is 0.400. The fourth-order valence-corrected chi connectivity index (χ4v) is 3.01. The molecule has 0 spiro atoms. The maximum absolute atomic E-state index is 11.0. The molecule has 0 unspecified atom stereocenters. The van der Waals surface area contributed by atoms with Gasteiger partial charge in [-0.1, -0.05) is 25.4 Å². The highest BCUT2D eigenvalue weighted by atomic mass is 127. The Kier molecular flexibility index (Phi) is 5.75. The van der Waals surface area contributed by atoms with Crippen LogP contribution in [0.1, 0.15) is 29.8 Å². The smallest absolute Gasteiger partial charge is 0.152 e. The van der Waals surface area contributed by atoms with Crippen molar-refractivity contribution in [1.82, 2.24) is 8.96 Å². The maximum Gasteiger partial charge on any atom is 0.152 e. The number of aldehydes is 1. The van der Waals surface area contributed by atoms with Crippen molar-refractivity contribution in [2.75, 3.05) is 0 Å². The van der Waals surface area contributed by atoms with Crippen molar-refractivity contribution in [3.63, 3.8) is 0 Å².